The number of aromatic nitrogens is 2. The molecule has 2 heterocycles. The van der Waals surface area contributed by atoms with Crippen molar-refractivity contribution in [3.8, 4) is 22.8 Å². The summed E-state index contributed by atoms with van der Waals surface area (Å²) in [4.78, 5) is 0. The maximum Gasteiger partial charge on any atom is 0.231 e. The lowest BCUT2D eigenvalue weighted by atomic mass is 10.1. The van der Waals surface area contributed by atoms with Gasteiger partial charge in [-0.1, -0.05) is 13.8 Å². The summed E-state index contributed by atoms with van der Waals surface area (Å²) in [6.07, 6.45) is 2.05. The molecule has 2 aromatic rings. The van der Waals surface area contributed by atoms with Gasteiger partial charge >= 0.3 is 0 Å². The quantitative estimate of drug-likeness (QED) is 0.928. The molecule has 0 fully saturated rings. The number of nitrogens with one attached hydrogen (secondary N) is 1. The third kappa shape index (κ3) is 2.49. The summed E-state index contributed by atoms with van der Waals surface area (Å²) in [5.41, 5.74) is 3.22. The first-order chi connectivity index (χ1) is 9.63. The van der Waals surface area contributed by atoms with E-state index in [0.717, 1.165) is 29.3 Å². The van der Waals surface area contributed by atoms with E-state index in [4.69, 9.17) is 9.47 Å². The number of fused-ring (bicyclic) bond motifs is 1. The van der Waals surface area contributed by atoms with Gasteiger partial charge in [-0.25, -0.2) is 0 Å². The molecule has 1 aromatic carbocycles. The number of nitrogens with zero attached hydrogens (tertiary/aromatic N) is 2. The van der Waals surface area contributed by atoms with Crippen LogP contribution in [0.3, 0.4) is 0 Å². The highest BCUT2D eigenvalue weighted by Gasteiger charge is 2.17. The number of ether oxygens (including phenoxy) is 2. The summed E-state index contributed by atoms with van der Waals surface area (Å²) in [7, 11) is 1.94. The van der Waals surface area contributed by atoms with Crippen molar-refractivity contribution < 1.29 is 9.47 Å². The minimum Gasteiger partial charge on any atom is -0.454 e. The fourth-order valence-electron chi connectivity index (χ4n) is 2.27. The van der Waals surface area contributed by atoms with Gasteiger partial charge in [0.2, 0.25) is 6.79 Å². The molecule has 5 heteroatoms. The first kappa shape index (κ1) is 13.0. The Morgan fingerprint density at radius 3 is 2.90 bits per heavy atom. The van der Waals surface area contributed by atoms with Gasteiger partial charge in [0, 0.05) is 37.0 Å². The Labute approximate surface area is 118 Å². The number of rotatable bonds is 4. The summed E-state index contributed by atoms with van der Waals surface area (Å²) in [5.74, 6) is 1.59. The second-order valence-electron chi connectivity index (χ2n) is 5.28. The highest BCUT2D eigenvalue weighted by molar-refractivity contribution is 5.67. The monoisotopic (exact) mass is 273 g/mol. The maximum atomic E-state index is 5.43. The number of aryl methyl sites for hydroxylation is 1. The normalized spacial score (nSPS) is 13.2. The molecule has 1 N–H and O–H groups in total. The molecule has 0 unspecified atom stereocenters. The Morgan fingerprint density at radius 1 is 1.30 bits per heavy atom. The van der Waals surface area contributed by atoms with E-state index in [1.54, 1.807) is 0 Å². The lowest BCUT2D eigenvalue weighted by Crippen LogP contribution is -2.21. The predicted molar refractivity (Wildman–Crippen MR) is 76.7 cm³/mol. The summed E-state index contributed by atoms with van der Waals surface area (Å²) >= 11 is 0. The van der Waals surface area contributed by atoms with E-state index in [1.807, 2.05) is 29.9 Å². The number of hydrogen-bond donors (Lipinski definition) is 1. The molecule has 1 aliphatic heterocycles. The van der Waals surface area contributed by atoms with Crippen LogP contribution in [0.4, 0.5) is 0 Å². The van der Waals surface area contributed by atoms with Gasteiger partial charge in [0.05, 0.1) is 5.69 Å². The minimum absolute atomic E-state index is 0.294. The molecule has 106 valence electrons. The zero-order chi connectivity index (χ0) is 14.1. The minimum atomic E-state index is 0.294. The van der Waals surface area contributed by atoms with Crippen LogP contribution in [0.2, 0.25) is 0 Å². The van der Waals surface area contributed by atoms with Gasteiger partial charge in [-0.15, -0.1) is 0 Å². The Kier molecular flexibility index (Phi) is 3.36. The Bertz CT molecular complexity index is 620. The van der Waals surface area contributed by atoms with E-state index in [-0.39, 0.29) is 0 Å². The van der Waals surface area contributed by atoms with E-state index in [0.29, 0.717) is 12.8 Å². The number of benzene rings is 1. The molecule has 3 rings (SSSR count). The number of hydrogen-bond acceptors (Lipinski definition) is 4. The van der Waals surface area contributed by atoms with Crippen LogP contribution in [0.5, 0.6) is 11.5 Å². The van der Waals surface area contributed by atoms with Crippen LogP contribution < -0.4 is 14.8 Å². The van der Waals surface area contributed by atoms with Crippen molar-refractivity contribution in [2.45, 2.75) is 26.4 Å². The molecule has 1 aliphatic rings. The van der Waals surface area contributed by atoms with Crippen LogP contribution in [-0.4, -0.2) is 22.6 Å². The van der Waals surface area contributed by atoms with E-state index in [9.17, 15) is 0 Å². The Hall–Kier alpha value is -2.01. The van der Waals surface area contributed by atoms with Gasteiger partial charge in [-0.3, -0.25) is 4.68 Å². The topological polar surface area (TPSA) is 48.3 Å². The van der Waals surface area contributed by atoms with Crippen molar-refractivity contribution in [2.24, 2.45) is 7.05 Å². The molecule has 0 radical (unpaired) electrons. The molecule has 0 saturated carbocycles. The lowest BCUT2D eigenvalue weighted by Gasteiger charge is -2.08. The largest absolute Gasteiger partial charge is 0.454 e. The van der Waals surface area contributed by atoms with Crippen molar-refractivity contribution >= 4 is 0 Å². The third-order valence-electron chi connectivity index (χ3n) is 3.25. The standard InChI is InChI=1S/C15H19N3O2/c1-10(2)16-7-12-8-18(3)17-15(12)11-4-5-13-14(6-11)20-9-19-13/h4-6,8,10,16H,7,9H2,1-3H3. The highest BCUT2D eigenvalue weighted by Crippen LogP contribution is 2.36. The molecule has 0 bridgehead atoms. The van der Waals surface area contributed by atoms with Crippen molar-refractivity contribution in [3.05, 3.63) is 30.0 Å². The smallest absolute Gasteiger partial charge is 0.231 e. The SMILES string of the molecule is CC(C)NCc1cn(C)nc1-c1ccc2c(c1)OCO2. The molecule has 0 amide bonds. The van der Waals surface area contributed by atoms with Crippen molar-refractivity contribution in [2.75, 3.05) is 6.79 Å². The fourth-order valence-corrected chi connectivity index (χ4v) is 2.27. The van der Waals surface area contributed by atoms with Gasteiger partial charge in [-0.2, -0.15) is 5.10 Å². The molecule has 0 saturated heterocycles. The van der Waals surface area contributed by atoms with E-state index >= 15 is 0 Å². The second kappa shape index (κ2) is 5.17. The van der Waals surface area contributed by atoms with Gasteiger partial charge < -0.3 is 14.8 Å². The highest BCUT2D eigenvalue weighted by atomic mass is 16.7. The first-order valence-electron chi connectivity index (χ1n) is 6.79. The fraction of sp³-hybridized carbons (Fsp3) is 0.400. The van der Waals surface area contributed by atoms with Crippen LogP contribution in [0.15, 0.2) is 24.4 Å². The molecule has 1 aromatic heterocycles. The summed E-state index contributed by atoms with van der Waals surface area (Å²) in [6, 6.07) is 6.39. The predicted octanol–water partition coefficient (Wildman–Crippen LogP) is 2.31. The van der Waals surface area contributed by atoms with Crippen LogP contribution in [0.1, 0.15) is 19.4 Å². The Balaban J connectivity index is 1.93. The van der Waals surface area contributed by atoms with Crippen molar-refractivity contribution in [1.82, 2.24) is 15.1 Å². The summed E-state index contributed by atoms with van der Waals surface area (Å²) in [6.45, 7) is 5.37. The maximum absolute atomic E-state index is 5.43. The first-order valence-corrected chi connectivity index (χ1v) is 6.79. The van der Waals surface area contributed by atoms with E-state index < -0.39 is 0 Å². The Morgan fingerprint density at radius 2 is 2.10 bits per heavy atom. The average molecular weight is 273 g/mol. The van der Waals surface area contributed by atoms with Crippen LogP contribution in [0.25, 0.3) is 11.3 Å². The van der Waals surface area contributed by atoms with Crippen LogP contribution >= 0.6 is 0 Å². The summed E-state index contributed by atoms with van der Waals surface area (Å²) < 4.78 is 12.6. The third-order valence-corrected chi connectivity index (χ3v) is 3.25. The molecule has 0 aliphatic carbocycles. The van der Waals surface area contributed by atoms with E-state index in [2.05, 4.69) is 30.5 Å². The van der Waals surface area contributed by atoms with Gasteiger partial charge in [-0.05, 0) is 18.2 Å². The van der Waals surface area contributed by atoms with E-state index in [1.165, 1.54) is 5.56 Å². The van der Waals surface area contributed by atoms with Crippen LogP contribution in [0, 0.1) is 0 Å². The zero-order valence-electron chi connectivity index (χ0n) is 12.0. The second-order valence-corrected chi connectivity index (χ2v) is 5.28. The molecule has 0 atom stereocenters. The molecule has 20 heavy (non-hydrogen) atoms. The van der Waals surface area contributed by atoms with Gasteiger partial charge in [0.25, 0.3) is 0 Å². The van der Waals surface area contributed by atoms with Crippen LogP contribution in [-0.2, 0) is 13.6 Å². The average Bonchev–Trinajstić information content (AvgIpc) is 3.01. The van der Waals surface area contributed by atoms with Gasteiger partial charge in [0.15, 0.2) is 11.5 Å². The zero-order valence-corrected chi connectivity index (χ0v) is 12.0. The molecule has 0 spiro atoms. The van der Waals surface area contributed by atoms with Crippen molar-refractivity contribution in [3.63, 3.8) is 0 Å². The molecular weight excluding hydrogens is 254 g/mol. The lowest BCUT2D eigenvalue weighted by molar-refractivity contribution is 0.174. The molecular formula is C15H19N3O2. The van der Waals surface area contributed by atoms with Gasteiger partial charge in [0.1, 0.15) is 0 Å². The molecule has 5 nitrogen and oxygen atoms in total. The van der Waals surface area contributed by atoms with Crippen molar-refractivity contribution in [1.29, 1.82) is 0 Å². The summed E-state index contributed by atoms with van der Waals surface area (Å²) in [5, 5.41) is 7.99.